The molecule has 2 aromatic heterocycles. The van der Waals surface area contributed by atoms with Crippen molar-refractivity contribution in [2.75, 3.05) is 52.3 Å². The molecule has 3 N–H and O–H groups in total. The molecule has 0 aliphatic carbocycles. The van der Waals surface area contributed by atoms with E-state index in [0.717, 1.165) is 49.5 Å². The van der Waals surface area contributed by atoms with Crippen LogP contribution in [0.25, 0.3) is 27.5 Å². The van der Waals surface area contributed by atoms with Crippen LogP contribution in [0, 0.1) is 6.92 Å². The summed E-state index contributed by atoms with van der Waals surface area (Å²) in [6.07, 6.45) is 0. The lowest BCUT2D eigenvalue weighted by Gasteiger charge is -2.26. The zero-order valence-corrected chi connectivity index (χ0v) is 18.8. The fourth-order valence-electron chi connectivity index (χ4n) is 4.20. The Morgan fingerprint density at radius 3 is 2.73 bits per heavy atom. The molecular weight excluding hydrogens is 422 g/mol. The molecule has 33 heavy (non-hydrogen) atoms. The van der Waals surface area contributed by atoms with Gasteiger partial charge in [0.25, 0.3) is 5.56 Å². The minimum atomic E-state index is -0.285. The van der Waals surface area contributed by atoms with Gasteiger partial charge in [0, 0.05) is 37.2 Å². The molecule has 3 heterocycles. The Kier molecular flexibility index (Phi) is 5.65. The van der Waals surface area contributed by atoms with Gasteiger partial charge in [-0.2, -0.15) is 5.10 Å². The molecule has 5 rings (SSSR count). The van der Waals surface area contributed by atoms with E-state index in [0.29, 0.717) is 34.5 Å². The highest BCUT2D eigenvalue weighted by molar-refractivity contribution is 6.07. The van der Waals surface area contributed by atoms with E-state index < -0.39 is 0 Å². The highest BCUT2D eigenvalue weighted by Crippen LogP contribution is 2.30. The molecule has 1 fully saturated rings. The Labute approximate surface area is 190 Å². The van der Waals surface area contributed by atoms with Gasteiger partial charge in [0.1, 0.15) is 34.8 Å². The minimum absolute atomic E-state index is 0.285. The maximum Gasteiger partial charge on any atom is 0.261 e. The molecule has 0 amide bonds. The van der Waals surface area contributed by atoms with Gasteiger partial charge in [-0.05, 0) is 30.7 Å². The summed E-state index contributed by atoms with van der Waals surface area (Å²) in [5, 5.41) is 5.89. The maximum atomic E-state index is 12.9. The number of hydrogen-bond acceptors (Lipinski definition) is 7. The van der Waals surface area contributed by atoms with Gasteiger partial charge < -0.3 is 24.9 Å². The van der Waals surface area contributed by atoms with E-state index in [9.17, 15) is 4.79 Å². The van der Waals surface area contributed by atoms with E-state index in [4.69, 9.17) is 25.0 Å². The van der Waals surface area contributed by atoms with Crippen molar-refractivity contribution in [3.63, 3.8) is 0 Å². The molecular formula is C24H27N5O4. The number of nitrogens with one attached hydrogen (secondary N) is 1. The van der Waals surface area contributed by atoms with Crippen LogP contribution in [0.5, 0.6) is 11.5 Å². The first-order valence-electron chi connectivity index (χ1n) is 11.0. The van der Waals surface area contributed by atoms with Gasteiger partial charge in [-0.1, -0.05) is 6.07 Å². The zero-order chi connectivity index (χ0) is 22.9. The van der Waals surface area contributed by atoms with Crippen LogP contribution >= 0.6 is 0 Å². The molecule has 0 saturated carbocycles. The lowest BCUT2D eigenvalue weighted by molar-refractivity contribution is 0.0322. The van der Waals surface area contributed by atoms with E-state index in [1.165, 1.54) is 0 Å². The Bertz CT molecular complexity index is 1370. The van der Waals surface area contributed by atoms with Crippen LogP contribution in [-0.2, 0) is 4.74 Å². The van der Waals surface area contributed by atoms with E-state index in [-0.39, 0.29) is 11.4 Å². The lowest BCUT2D eigenvalue weighted by atomic mass is 10.1. The maximum absolute atomic E-state index is 12.9. The monoisotopic (exact) mass is 449 g/mol. The number of aromatic nitrogens is 3. The fraction of sp³-hybridized carbons (Fsp3) is 0.333. The summed E-state index contributed by atoms with van der Waals surface area (Å²) < 4.78 is 18.3. The third-order valence-electron chi connectivity index (χ3n) is 6.07. The Morgan fingerprint density at radius 2 is 1.94 bits per heavy atom. The molecule has 1 aliphatic heterocycles. The fourth-order valence-corrected chi connectivity index (χ4v) is 4.20. The second-order valence-corrected chi connectivity index (χ2v) is 8.14. The zero-order valence-electron chi connectivity index (χ0n) is 18.8. The summed E-state index contributed by atoms with van der Waals surface area (Å²) in [7, 11) is 1.61. The van der Waals surface area contributed by atoms with E-state index in [1.54, 1.807) is 11.8 Å². The summed E-state index contributed by atoms with van der Waals surface area (Å²) in [6.45, 7) is 6.72. The van der Waals surface area contributed by atoms with Crippen molar-refractivity contribution in [2.45, 2.75) is 6.92 Å². The second kappa shape index (κ2) is 8.76. The standard InChI is InChI=1S/C24H27N5O4/c1-15-3-4-16(31-2)14-20(15)29-23(25)21-22(27-29)18-6-5-17(13-19(18)26-24(21)30)33-12-9-28-7-10-32-11-8-28/h3-6,13-14H,7-12,25H2,1-2H3,(H,26,30). The van der Waals surface area contributed by atoms with Crippen LogP contribution < -0.4 is 20.8 Å². The Morgan fingerprint density at radius 1 is 1.15 bits per heavy atom. The van der Waals surface area contributed by atoms with Gasteiger partial charge in [-0.15, -0.1) is 0 Å². The molecule has 9 nitrogen and oxygen atoms in total. The number of benzene rings is 2. The number of nitrogens with two attached hydrogens (primary N) is 1. The van der Waals surface area contributed by atoms with Crippen molar-refractivity contribution in [3.05, 3.63) is 52.3 Å². The van der Waals surface area contributed by atoms with Crippen molar-refractivity contribution < 1.29 is 14.2 Å². The molecule has 4 aromatic rings. The molecule has 1 saturated heterocycles. The highest BCUT2D eigenvalue weighted by Gasteiger charge is 2.18. The molecule has 1 aliphatic rings. The first-order valence-corrected chi connectivity index (χ1v) is 11.0. The molecule has 0 unspecified atom stereocenters. The number of rotatable bonds is 6. The number of methoxy groups -OCH3 is 1. The van der Waals surface area contributed by atoms with Crippen LogP contribution in [-0.4, -0.2) is 66.2 Å². The number of fused-ring (bicyclic) bond motifs is 3. The van der Waals surface area contributed by atoms with Crippen LogP contribution in [0.15, 0.2) is 41.2 Å². The van der Waals surface area contributed by atoms with Crippen LogP contribution in [0.2, 0.25) is 0 Å². The number of anilines is 1. The van der Waals surface area contributed by atoms with Crippen molar-refractivity contribution in [1.82, 2.24) is 19.7 Å². The number of morpholine rings is 1. The van der Waals surface area contributed by atoms with Gasteiger partial charge in [0.05, 0.1) is 31.5 Å². The van der Waals surface area contributed by atoms with E-state index in [2.05, 4.69) is 9.88 Å². The summed E-state index contributed by atoms with van der Waals surface area (Å²) in [6, 6.07) is 11.3. The molecule has 2 aromatic carbocycles. The second-order valence-electron chi connectivity index (χ2n) is 8.14. The first kappa shape index (κ1) is 21.3. The molecule has 0 bridgehead atoms. The number of H-pyrrole nitrogens is 1. The first-order chi connectivity index (χ1) is 16.0. The van der Waals surface area contributed by atoms with Crippen LogP contribution in [0.4, 0.5) is 5.82 Å². The number of ether oxygens (including phenoxy) is 3. The molecule has 0 spiro atoms. The SMILES string of the molecule is COc1ccc(C)c(-n2nc3c(c2N)c(=O)[nH]c2cc(OCCN4CCOCC4)ccc23)c1. The number of hydrogen-bond donors (Lipinski definition) is 2. The predicted molar refractivity (Wildman–Crippen MR) is 128 cm³/mol. The van der Waals surface area contributed by atoms with Crippen molar-refractivity contribution in [1.29, 1.82) is 0 Å². The van der Waals surface area contributed by atoms with Gasteiger partial charge >= 0.3 is 0 Å². The summed E-state index contributed by atoms with van der Waals surface area (Å²) >= 11 is 0. The number of aromatic amines is 1. The van der Waals surface area contributed by atoms with Gasteiger partial charge in [-0.25, -0.2) is 4.68 Å². The number of nitrogen functional groups attached to an aromatic ring is 1. The third-order valence-corrected chi connectivity index (χ3v) is 6.07. The minimum Gasteiger partial charge on any atom is -0.497 e. The average molecular weight is 450 g/mol. The quantitative estimate of drug-likeness (QED) is 0.466. The number of nitrogens with zero attached hydrogens (tertiary/aromatic N) is 3. The molecule has 0 atom stereocenters. The van der Waals surface area contributed by atoms with Gasteiger partial charge in [-0.3, -0.25) is 9.69 Å². The van der Waals surface area contributed by atoms with Crippen molar-refractivity contribution >= 4 is 27.6 Å². The van der Waals surface area contributed by atoms with Gasteiger partial charge in [0.15, 0.2) is 0 Å². The number of pyridine rings is 1. The van der Waals surface area contributed by atoms with Crippen LogP contribution in [0.1, 0.15) is 5.56 Å². The summed E-state index contributed by atoms with van der Waals surface area (Å²) in [5.41, 5.74) is 9.04. The van der Waals surface area contributed by atoms with Gasteiger partial charge in [0.2, 0.25) is 0 Å². The van der Waals surface area contributed by atoms with E-state index in [1.807, 2.05) is 43.3 Å². The van der Waals surface area contributed by atoms with Crippen molar-refractivity contribution in [3.8, 4) is 17.2 Å². The summed E-state index contributed by atoms with van der Waals surface area (Å²) in [4.78, 5) is 18.2. The predicted octanol–water partition coefficient (Wildman–Crippen LogP) is 2.48. The lowest BCUT2D eigenvalue weighted by Crippen LogP contribution is -2.38. The smallest absolute Gasteiger partial charge is 0.261 e. The largest absolute Gasteiger partial charge is 0.497 e. The average Bonchev–Trinajstić information content (AvgIpc) is 3.18. The third kappa shape index (κ3) is 4.01. The Balaban J connectivity index is 1.49. The van der Waals surface area contributed by atoms with E-state index >= 15 is 0 Å². The molecule has 0 radical (unpaired) electrons. The Hall–Kier alpha value is -3.56. The summed E-state index contributed by atoms with van der Waals surface area (Å²) in [5.74, 6) is 1.67. The highest BCUT2D eigenvalue weighted by atomic mass is 16.5. The molecule has 9 heteroatoms. The molecule has 172 valence electrons. The topological polar surface area (TPSA) is 108 Å². The van der Waals surface area contributed by atoms with Crippen molar-refractivity contribution in [2.24, 2.45) is 0 Å². The van der Waals surface area contributed by atoms with Crippen LogP contribution in [0.3, 0.4) is 0 Å². The normalized spacial score (nSPS) is 14.7. The number of aryl methyl sites for hydroxylation is 1.